The zero-order chi connectivity index (χ0) is 13.5. The highest BCUT2D eigenvalue weighted by Gasteiger charge is 2.17. The lowest BCUT2D eigenvalue weighted by atomic mass is 10.1. The molecule has 1 N–H and O–H groups in total. The van der Waals surface area contributed by atoms with E-state index in [2.05, 4.69) is 5.32 Å². The van der Waals surface area contributed by atoms with Gasteiger partial charge in [0, 0.05) is 24.2 Å². The number of nitro groups is 1. The van der Waals surface area contributed by atoms with Crippen molar-refractivity contribution in [1.29, 1.82) is 0 Å². The molecule has 0 saturated carbocycles. The van der Waals surface area contributed by atoms with E-state index in [0.717, 1.165) is 6.42 Å². The largest absolute Gasteiger partial charge is 0.487 e. The molecule has 0 aliphatic heterocycles. The summed E-state index contributed by atoms with van der Waals surface area (Å²) in [6.45, 7) is 4.58. The fourth-order valence-corrected chi connectivity index (χ4v) is 1.40. The molecule has 1 aromatic rings. The second-order valence-electron chi connectivity index (χ2n) is 3.65. The van der Waals surface area contributed by atoms with Crippen LogP contribution in [-0.4, -0.2) is 24.0 Å². The van der Waals surface area contributed by atoms with E-state index in [9.17, 15) is 14.9 Å². The van der Waals surface area contributed by atoms with E-state index in [4.69, 9.17) is 4.74 Å². The van der Waals surface area contributed by atoms with Crippen LogP contribution < -0.4 is 10.1 Å². The fourth-order valence-electron chi connectivity index (χ4n) is 1.40. The summed E-state index contributed by atoms with van der Waals surface area (Å²) in [5, 5.41) is 13.4. The van der Waals surface area contributed by atoms with Gasteiger partial charge in [-0.3, -0.25) is 14.9 Å². The first kappa shape index (κ1) is 14.0. The summed E-state index contributed by atoms with van der Waals surface area (Å²) >= 11 is 0. The van der Waals surface area contributed by atoms with Crippen molar-refractivity contribution in [2.45, 2.75) is 20.3 Å². The zero-order valence-corrected chi connectivity index (χ0v) is 10.4. The summed E-state index contributed by atoms with van der Waals surface area (Å²) in [6, 6.07) is 4.11. The van der Waals surface area contributed by atoms with E-state index in [1.54, 1.807) is 6.92 Å². The number of rotatable bonds is 6. The molecule has 0 radical (unpaired) electrons. The van der Waals surface area contributed by atoms with E-state index in [0.29, 0.717) is 18.7 Å². The Morgan fingerprint density at radius 3 is 2.72 bits per heavy atom. The summed E-state index contributed by atoms with van der Waals surface area (Å²) in [5.41, 5.74) is 0.227. The highest BCUT2D eigenvalue weighted by atomic mass is 16.6. The van der Waals surface area contributed by atoms with Crippen molar-refractivity contribution in [3.05, 3.63) is 33.9 Å². The van der Waals surface area contributed by atoms with Gasteiger partial charge in [-0.15, -0.1) is 0 Å². The van der Waals surface area contributed by atoms with Gasteiger partial charge in [0.1, 0.15) is 0 Å². The normalized spacial score (nSPS) is 9.89. The predicted octanol–water partition coefficient (Wildman–Crippen LogP) is 2.13. The molecule has 0 spiro atoms. The molecule has 0 bridgehead atoms. The number of amides is 1. The van der Waals surface area contributed by atoms with Gasteiger partial charge in [-0.2, -0.15) is 0 Å². The van der Waals surface area contributed by atoms with E-state index >= 15 is 0 Å². The van der Waals surface area contributed by atoms with Crippen LogP contribution in [0.4, 0.5) is 5.69 Å². The number of nitrogens with one attached hydrogen (secondary N) is 1. The third-order valence-electron chi connectivity index (χ3n) is 2.22. The lowest BCUT2D eigenvalue weighted by Crippen LogP contribution is -2.22. The van der Waals surface area contributed by atoms with Crippen molar-refractivity contribution in [2.75, 3.05) is 13.2 Å². The van der Waals surface area contributed by atoms with Crippen molar-refractivity contribution in [3.63, 3.8) is 0 Å². The lowest BCUT2D eigenvalue weighted by molar-refractivity contribution is -0.385. The monoisotopic (exact) mass is 252 g/mol. The van der Waals surface area contributed by atoms with Gasteiger partial charge in [0.15, 0.2) is 5.75 Å². The van der Waals surface area contributed by atoms with Crippen molar-refractivity contribution in [1.82, 2.24) is 5.32 Å². The van der Waals surface area contributed by atoms with Crippen molar-refractivity contribution >= 4 is 11.6 Å². The van der Waals surface area contributed by atoms with Crippen LogP contribution in [0, 0.1) is 10.1 Å². The average molecular weight is 252 g/mol. The second kappa shape index (κ2) is 6.58. The summed E-state index contributed by atoms with van der Waals surface area (Å²) in [5.74, 6) is -0.139. The standard InChI is InChI=1S/C12H16N2O4/c1-3-7-18-11-8-9(12(15)13-4-2)5-6-10(11)14(16)17/h5-6,8H,3-4,7H2,1-2H3,(H,13,15). The quantitative estimate of drug-likeness (QED) is 0.621. The van der Waals surface area contributed by atoms with E-state index in [1.807, 2.05) is 6.92 Å². The first-order valence-corrected chi connectivity index (χ1v) is 5.79. The van der Waals surface area contributed by atoms with Crippen LogP contribution in [0.15, 0.2) is 18.2 Å². The molecule has 98 valence electrons. The molecule has 0 unspecified atom stereocenters. The number of ether oxygens (including phenoxy) is 1. The van der Waals surface area contributed by atoms with Gasteiger partial charge in [0.2, 0.25) is 0 Å². The van der Waals surface area contributed by atoms with Crippen LogP contribution in [0.2, 0.25) is 0 Å². The van der Waals surface area contributed by atoms with Crippen LogP contribution in [0.25, 0.3) is 0 Å². The maximum absolute atomic E-state index is 11.6. The SMILES string of the molecule is CCCOc1cc(C(=O)NCC)ccc1[N+](=O)[O-]. The molecule has 6 nitrogen and oxygen atoms in total. The number of nitrogens with zero attached hydrogens (tertiary/aromatic N) is 1. The Bertz CT molecular complexity index is 446. The average Bonchev–Trinajstić information content (AvgIpc) is 2.36. The molecular formula is C12H16N2O4. The molecule has 0 aliphatic carbocycles. The third-order valence-corrected chi connectivity index (χ3v) is 2.22. The van der Waals surface area contributed by atoms with Gasteiger partial charge >= 0.3 is 5.69 Å². The molecule has 1 amide bonds. The summed E-state index contributed by atoms with van der Waals surface area (Å²) in [7, 11) is 0. The topological polar surface area (TPSA) is 81.5 Å². The molecule has 18 heavy (non-hydrogen) atoms. The zero-order valence-electron chi connectivity index (χ0n) is 10.4. The molecular weight excluding hydrogens is 236 g/mol. The smallest absolute Gasteiger partial charge is 0.310 e. The van der Waals surface area contributed by atoms with Crippen LogP contribution in [0.5, 0.6) is 5.75 Å². The molecule has 1 rings (SSSR count). The Kier molecular flexibility index (Phi) is 5.10. The minimum Gasteiger partial charge on any atom is -0.487 e. The first-order valence-electron chi connectivity index (χ1n) is 5.79. The molecule has 0 heterocycles. The maximum atomic E-state index is 11.6. The van der Waals surface area contributed by atoms with Gasteiger partial charge < -0.3 is 10.1 Å². The number of carbonyl (C=O) groups is 1. The van der Waals surface area contributed by atoms with Gasteiger partial charge in [-0.25, -0.2) is 0 Å². The molecule has 0 aliphatic rings. The minimum absolute atomic E-state index is 0.128. The Morgan fingerprint density at radius 2 is 2.17 bits per heavy atom. The summed E-state index contributed by atoms with van der Waals surface area (Å²) < 4.78 is 5.29. The van der Waals surface area contributed by atoms with Gasteiger partial charge in [0.25, 0.3) is 5.91 Å². The molecule has 0 aromatic heterocycles. The van der Waals surface area contributed by atoms with E-state index < -0.39 is 4.92 Å². The highest BCUT2D eigenvalue weighted by Crippen LogP contribution is 2.28. The molecule has 0 saturated heterocycles. The Labute approximate surface area is 105 Å². The number of nitro benzene ring substituents is 1. The third kappa shape index (κ3) is 3.44. The minimum atomic E-state index is -0.521. The van der Waals surface area contributed by atoms with Crippen LogP contribution in [0.1, 0.15) is 30.6 Å². The van der Waals surface area contributed by atoms with Crippen LogP contribution >= 0.6 is 0 Å². The Morgan fingerprint density at radius 1 is 1.44 bits per heavy atom. The first-order chi connectivity index (χ1) is 8.60. The second-order valence-corrected chi connectivity index (χ2v) is 3.65. The number of hydrogen-bond acceptors (Lipinski definition) is 4. The van der Waals surface area contributed by atoms with E-state index in [1.165, 1.54) is 18.2 Å². The van der Waals surface area contributed by atoms with Crippen LogP contribution in [0.3, 0.4) is 0 Å². The Hall–Kier alpha value is -2.11. The summed E-state index contributed by atoms with van der Waals surface area (Å²) in [6.07, 6.45) is 0.739. The van der Waals surface area contributed by atoms with Gasteiger partial charge in [0.05, 0.1) is 11.5 Å². The summed E-state index contributed by atoms with van der Waals surface area (Å²) in [4.78, 5) is 21.9. The lowest BCUT2D eigenvalue weighted by Gasteiger charge is -2.07. The fraction of sp³-hybridized carbons (Fsp3) is 0.417. The molecule has 0 fully saturated rings. The molecule has 0 atom stereocenters. The van der Waals surface area contributed by atoms with Gasteiger partial charge in [-0.05, 0) is 19.4 Å². The van der Waals surface area contributed by atoms with Crippen molar-refractivity contribution < 1.29 is 14.5 Å². The van der Waals surface area contributed by atoms with Crippen molar-refractivity contribution in [3.8, 4) is 5.75 Å². The van der Waals surface area contributed by atoms with Crippen molar-refractivity contribution in [2.24, 2.45) is 0 Å². The highest BCUT2D eigenvalue weighted by molar-refractivity contribution is 5.95. The van der Waals surface area contributed by atoms with Gasteiger partial charge in [-0.1, -0.05) is 6.92 Å². The number of benzene rings is 1. The molecule has 6 heteroatoms. The number of hydrogen-bond donors (Lipinski definition) is 1. The number of carbonyl (C=O) groups excluding carboxylic acids is 1. The molecule has 1 aromatic carbocycles. The van der Waals surface area contributed by atoms with Crippen LogP contribution in [-0.2, 0) is 0 Å². The maximum Gasteiger partial charge on any atom is 0.310 e. The van der Waals surface area contributed by atoms with E-state index in [-0.39, 0.29) is 17.3 Å². The predicted molar refractivity (Wildman–Crippen MR) is 66.9 cm³/mol. The Balaban J connectivity index is 3.04.